The SMILES string of the molecule is CSCCOc1nc(Nc2nc3ccccc3s2)nc2ccc(S(=O)(=O)C(C)(C)C)cc12. The van der Waals surface area contributed by atoms with Gasteiger partial charge in [0.2, 0.25) is 11.8 Å². The first kappa shape index (κ1) is 22.8. The number of nitrogens with one attached hydrogen (secondary N) is 1. The molecule has 10 heteroatoms. The van der Waals surface area contributed by atoms with E-state index in [9.17, 15) is 8.42 Å². The molecular weight excluding hydrogens is 464 g/mol. The van der Waals surface area contributed by atoms with Crippen LogP contribution in [0.2, 0.25) is 0 Å². The molecular formula is C22H24N4O3S3. The van der Waals surface area contributed by atoms with Gasteiger partial charge >= 0.3 is 0 Å². The van der Waals surface area contributed by atoms with Crippen molar-refractivity contribution in [2.24, 2.45) is 0 Å². The van der Waals surface area contributed by atoms with Crippen molar-refractivity contribution in [1.82, 2.24) is 15.0 Å². The summed E-state index contributed by atoms with van der Waals surface area (Å²) in [6.07, 6.45) is 2.00. The van der Waals surface area contributed by atoms with Crippen molar-refractivity contribution in [2.45, 2.75) is 30.4 Å². The third-order valence-electron chi connectivity index (χ3n) is 4.79. The van der Waals surface area contributed by atoms with Crippen LogP contribution >= 0.6 is 23.1 Å². The van der Waals surface area contributed by atoms with E-state index >= 15 is 0 Å². The summed E-state index contributed by atoms with van der Waals surface area (Å²) >= 11 is 3.17. The Morgan fingerprint density at radius 3 is 2.56 bits per heavy atom. The van der Waals surface area contributed by atoms with Gasteiger partial charge in [0, 0.05) is 5.75 Å². The molecule has 7 nitrogen and oxygen atoms in total. The normalized spacial score (nSPS) is 12.4. The third kappa shape index (κ3) is 4.53. The van der Waals surface area contributed by atoms with E-state index in [2.05, 4.69) is 20.3 Å². The highest BCUT2D eigenvalue weighted by atomic mass is 32.2. The molecule has 0 saturated carbocycles. The first-order valence-corrected chi connectivity index (χ1v) is 13.7. The van der Waals surface area contributed by atoms with Crippen LogP contribution in [0.15, 0.2) is 47.4 Å². The van der Waals surface area contributed by atoms with Crippen LogP contribution < -0.4 is 10.1 Å². The zero-order valence-corrected chi connectivity index (χ0v) is 20.7. The molecule has 0 unspecified atom stereocenters. The molecule has 0 radical (unpaired) electrons. The average molecular weight is 489 g/mol. The molecule has 32 heavy (non-hydrogen) atoms. The Morgan fingerprint density at radius 1 is 1.06 bits per heavy atom. The van der Waals surface area contributed by atoms with Crippen molar-refractivity contribution in [3.63, 3.8) is 0 Å². The van der Waals surface area contributed by atoms with Crippen LogP contribution in [0, 0.1) is 0 Å². The molecule has 2 aromatic carbocycles. The van der Waals surface area contributed by atoms with Crippen molar-refractivity contribution in [3.05, 3.63) is 42.5 Å². The Morgan fingerprint density at radius 2 is 1.84 bits per heavy atom. The van der Waals surface area contributed by atoms with Crippen molar-refractivity contribution in [2.75, 3.05) is 23.9 Å². The fourth-order valence-corrected chi connectivity index (χ4v) is 5.35. The molecule has 168 valence electrons. The summed E-state index contributed by atoms with van der Waals surface area (Å²) in [5.41, 5.74) is 1.49. The second-order valence-electron chi connectivity index (χ2n) is 8.10. The van der Waals surface area contributed by atoms with Gasteiger partial charge in [-0.1, -0.05) is 23.5 Å². The van der Waals surface area contributed by atoms with Gasteiger partial charge in [-0.05, 0) is 57.4 Å². The Bertz CT molecular complexity index is 1350. The molecule has 0 saturated heterocycles. The van der Waals surface area contributed by atoms with Crippen molar-refractivity contribution < 1.29 is 13.2 Å². The van der Waals surface area contributed by atoms with Crippen LogP contribution in [0.25, 0.3) is 21.1 Å². The van der Waals surface area contributed by atoms with Crippen molar-refractivity contribution >= 4 is 65.1 Å². The molecule has 0 fully saturated rings. The number of hydrogen-bond donors (Lipinski definition) is 1. The number of anilines is 2. The first-order chi connectivity index (χ1) is 15.2. The zero-order chi connectivity index (χ0) is 22.9. The van der Waals surface area contributed by atoms with Gasteiger partial charge in [-0.3, -0.25) is 5.32 Å². The van der Waals surface area contributed by atoms with Gasteiger partial charge in [0.25, 0.3) is 0 Å². The molecule has 4 aromatic rings. The average Bonchev–Trinajstić information content (AvgIpc) is 3.15. The highest BCUT2D eigenvalue weighted by molar-refractivity contribution is 7.98. The monoisotopic (exact) mass is 488 g/mol. The lowest BCUT2D eigenvalue weighted by molar-refractivity contribution is 0.335. The molecule has 2 aromatic heterocycles. The van der Waals surface area contributed by atoms with E-state index in [1.165, 1.54) is 11.3 Å². The van der Waals surface area contributed by atoms with Crippen LogP contribution in [0.4, 0.5) is 11.1 Å². The number of hydrogen-bond acceptors (Lipinski definition) is 9. The van der Waals surface area contributed by atoms with Gasteiger partial charge in [-0.2, -0.15) is 16.7 Å². The third-order valence-corrected chi connectivity index (χ3v) is 8.80. The molecule has 0 aliphatic carbocycles. The minimum atomic E-state index is -3.52. The highest BCUT2D eigenvalue weighted by Gasteiger charge is 2.31. The van der Waals surface area contributed by atoms with E-state index in [0.29, 0.717) is 34.5 Å². The van der Waals surface area contributed by atoms with E-state index in [0.717, 1.165) is 16.0 Å². The number of sulfone groups is 1. The molecule has 0 bridgehead atoms. The topological polar surface area (TPSA) is 94.1 Å². The number of thioether (sulfide) groups is 1. The summed E-state index contributed by atoms with van der Waals surface area (Å²) in [6, 6.07) is 12.8. The van der Waals surface area contributed by atoms with Crippen LogP contribution in [-0.2, 0) is 9.84 Å². The molecule has 0 aliphatic heterocycles. The largest absolute Gasteiger partial charge is 0.476 e. The summed E-state index contributed by atoms with van der Waals surface area (Å²) in [4.78, 5) is 13.9. The minimum Gasteiger partial charge on any atom is -0.476 e. The van der Waals surface area contributed by atoms with Crippen LogP contribution in [0.1, 0.15) is 20.8 Å². The zero-order valence-electron chi connectivity index (χ0n) is 18.2. The number of nitrogens with zero attached hydrogens (tertiary/aromatic N) is 3. The number of rotatable bonds is 7. The second kappa shape index (κ2) is 8.84. The number of aromatic nitrogens is 3. The lowest BCUT2D eigenvalue weighted by Crippen LogP contribution is -2.27. The predicted octanol–water partition coefficient (Wildman–Crippen LogP) is 5.30. The number of para-hydroxylation sites is 1. The van der Waals surface area contributed by atoms with Gasteiger partial charge in [-0.25, -0.2) is 18.4 Å². The molecule has 0 aliphatic rings. The van der Waals surface area contributed by atoms with Crippen molar-refractivity contribution in [1.29, 1.82) is 0 Å². The highest BCUT2D eigenvalue weighted by Crippen LogP contribution is 2.33. The Kier molecular flexibility index (Phi) is 6.28. The van der Waals surface area contributed by atoms with E-state index in [-0.39, 0.29) is 4.90 Å². The van der Waals surface area contributed by atoms with Gasteiger partial charge in [0.05, 0.1) is 37.4 Å². The first-order valence-electron chi connectivity index (χ1n) is 10.00. The van der Waals surface area contributed by atoms with Crippen LogP contribution in [0.3, 0.4) is 0 Å². The van der Waals surface area contributed by atoms with Gasteiger partial charge in [-0.15, -0.1) is 0 Å². The minimum absolute atomic E-state index is 0.225. The maximum atomic E-state index is 13.0. The lowest BCUT2D eigenvalue weighted by atomic mass is 10.2. The van der Waals surface area contributed by atoms with E-state index < -0.39 is 14.6 Å². The van der Waals surface area contributed by atoms with Gasteiger partial charge < -0.3 is 4.74 Å². The van der Waals surface area contributed by atoms with Crippen LogP contribution in [-0.4, -0.2) is 46.7 Å². The number of thiazole rings is 1. The predicted molar refractivity (Wildman–Crippen MR) is 133 cm³/mol. The van der Waals surface area contributed by atoms with Crippen molar-refractivity contribution in [3.8, 4) is 5.88 Å². The quantitative estimate of drug-likeness (QED) is 0.350. The Balaban J connectivity index is 1.77. The lowest BCUT2D eigenvalue weighted by Gasteiger charge is -2.19. The fraction of sp³-hybridized carbons (Fsp3) is 0.318. The molecule has 4 rings (SSSR count). The summed E-state index contributed by atoms with van der Waals surface area (Å²) in [5, 5.41) is 4.40. The molecule has 0 spiro atoms. The summed E-state index contributed by atoms with van der Waals surface area (Å²) < 4.78 is 32.0. The van der Waals surface area contributed by atoms with E-state index in [1.807, 2.05) is 30.5 Å². The molecule has 1 N–H and O–H groups in total. The summed E-state index contributed by atoms with van der Waals surface area (Å²) in [7, 11) is -3.52. The second-order valence-corrected chi connectivity index (χ2v) is 12.8. The number of fused-ring (bicyclic) bond motifs is 2. The maximum absolute atomic E-state index is 13.0. The number of benzene rings is 2. The molecule has 0 amide bonds. The van der Waals surface area contributed by atoms with Crippen LogP contribution in [0.5, 0.6) is 5.88 Å². The van der Waals surface area contributed by atoms with E-state index in [4.69, 9.17) is 4.74 Å². The molecule has 2 heterocycles. The molecule has 0 atom stereocenters. The van der Waals surface area contributed by atoms with Gasteiger partial charge in [0.15, 0.2) is 15.0 Å². The fourth-order valence-electron chi connectivity index (χ4n) is 3.01. The van der Waals surface area contributed by atoms with Gasteiger partial charge in [0.1, 0.15) is 0 Å². The standard InChI is InChI=1S/C22H24N4O3S3/c1-22(2,3)32(27,28)14-9-10-16-15(13-14)19(29-11-12-30-4)25-20(23-16)26-21-24-17-7-5-6-8-18(17)31-21/h5-10,13H,11-12H2,1-4H3,(H,23,24,25,26). The summed E-state index contributed by atoms with van der Waals surface area (Å²) in [5.74, 6) is 1.48. The smallest absolute Gasteiger partial charge is 0.232 e. The Labute approximate surface area is 195 Å². The Hall–Kier alpha value is -2.43. The number of ether oxygens (including phenoxy) is 1. The summed E-state index contributed by atoms with van der Waals surface area (Å²) in [6.45, 7) is 5.50. The van der Waals surface area contributed by atoms with E-state index in [1.54, 1.807) is 50.7 Å². The maximum Gasteiger partial charge on any atom is 0.232 e.